The van der Waals surface area contributed by atoms with Crippen molar-refractivity contribution in [1.29, 1.82) is 0 Å². The van der Waals surface area contributed by atoms with Gasteiger partial charge in [-0.3, -0.25) is 14.4 Å². The van der Waals surface area contributed by atoms with Crippen LogP contribution in [0.3, 0.4) is 0 Å². The summed E-state index contributed by atoms with van der Waals surface area (Å²) in [7, 11) is 0. The lowest BCUT2D eigenvalue weighted by molar-refractivity contribution is -0.164. The number of ether oxygens (including phenoxy) is 2. The van der Waals surface area contributed by atoms with Crippen molar-refractivity contribution in [2.45, 2.75) is 38.3 Å². The molecule has 2 aromatic rings. The molecule has 0 radical (unpaired) electrons. The maximum atomic E-state index is 12.8. The number of rotatable bonds is 8. The molecule has 0 aliphatic carbocycles. The molecule has 1 saturated heterocycles. The zero-order chi connectivity index (χ0) is 22.4. The second kappa shape index (κ2) is 9.88. The van der Waals surface area contributed by atoms with E-state index in [0.29, 0.717) is 4.88 Å². The molecule has 0 bridgehead atoms. The predicted molar refractivity (Wildman–Crippen MR) is 107 cm³/mol. The van der Waals surface area contributed by atoms with Crippen molar-refractivity contribution in [1.82, 2.24) is 16.0 Å². The molecular weight excluding hydrogens is 410 g/mol. The molecule has 30 heavy (non-hydrogen) atoms. The maximum absolute atomic E-state index is 12.8. The van der Waals surface area contributed by atoms with Crippen LogP contribution in [0.25, 0.3) is 0 Å². The zero-order valence-corrected chi connectivity index (χ0v) is 16.9. The van der Waals surface area contributed by atoms with Crippen molar-refractivity contribution in [3.8, 4) is 0 Å². The van der Waals surface area contributed by atoms with Crippen molar-refractivity contribution in [3.63, 3.8) is 0 Å². The molecule has 158 valence electrons. The zero-order valence-electron chi connectivity index (χ0n) is 17.0. The van der Waals surface area contributed by atoms with Gasteiger partial charge in [0, 0.05) is 18.2 Å². The standard InChI is InChI=1S/C20H21N3O6S/c1-12(24)29-19-16(18(26)23-19)22-17(25)15(10-14-8-5-9-30-14)21-20(27)28-11-13-6-3-2-4-7-13/h2-9,15-16,19H,10-11H2,1H3,(H,21,27)(H,22,25)(H,23,26)/t15-,16+,19-/m0/s1/i8D. The summed E-state index contributed by atoms with van der Waals surface area (Å²) in [6.07, 6.45) is -1.76. The number of nitrogens with one attached hydrogen (secondary N) is 3. The van der Waals surface area contributed by atoms with E-state index in [4.69, 9.17) is 10.8 Å². The third kappa shape index (κ3) is 5.80. The van der Waals surface area contributed by atoms with Gasteiger partial charge in [-0.1, -0.05) is 36.4 Å². The Morgan fingerprint density at radius 3 is 2.67 bits per heavy atom. The van der Waals surface area contributed by atoms with Crippen LogP contribution in [0.5, 0.6) is 0 Å². The average Bonchev–Trinajstić information content (AvgIpc) is 3.14. The number of β-lactam (4-membered cyclic amide) rings is 1. The number of carbonyl (C=O) groups excluding carboxylic acids is 4. The van der Waals surface area contributed by atoms with Crippen LogP contribution in [-0.2, 0) is 36.9 Å². The Morgan fingerprint density at radius 2 is 2.03 bits per heavy atom. The van der Waals surface area contributed by atoms with Crippen molar-refractivity contribution < 1.29 is 30.0 Å². The topological polar surface area (TPSA) is 123 Å². The molecule has 3 rings (SSSR count). The van der Waals surface area contributed by atoms with Crippen LogP contribution >= 0.6 is 11.3 Å². The second-order valence-corrected chi connectivity index (χ2v) is 7.48. The van der Waals surface area contributed by atoms with Crippen LogP contribution in [0, 0.1) is 0 Å². The monoisotopic (exact) mass is 432 g/mol. The van der Waals surface area contributed by atoms with Gasteiger partial charge in [-0.2, -0.15) is 0 Å². The fraction of sp³-hybridized carbons (Fsp3) is 0.300. The summed E-state index contributed by atoms with van der Waals surface area (Å²) >= 11 is 1.27. The van der Waals surface area contributed by atoms with Crippen LogP contribution in [0.4, 0.5) is 4.79 Å². The van der Waals surface area contributed by atoms with Crippen molar-refractivity contribution in [2.24, 2.45) is 0 Å². The van der Waals surface area contributed by atoms with Crippen LogP contribution in [0.2, 0.25) is 0 Å². The molecular formula is C20H21N3O6S. The molecule has 3 amide bonds. The smallest absolute Gasteiger partial charge is 0.408 e. The van der Waals surface area contributed by atoms with E-state index in [9.17, 15) is 19.2 Å². The van der Waals surface area contributed by atoms with Gasteiger partial charge in [0.05, 0.1) is 1.37 Å². The molecule has 2 heterocycles. The van der Waals surface area contributed by atoms with Crippen LogP contribution in [0.15, 0.2) is 47.8 Å². The minimum atomic E-state index is -1.10. The lowest BCUT2D eigenvalue weighted by atomic mass is 10.1. The molecule has 10 heteroatoms. The van der Waals surface area contributed by atoms with Gasteiger partial charge in [-0.05, 0) is 17.0 Å². The number of benzene rings is 1. The molecule has 1 aliphatic rings. The van der Waals surface area contributed by atoms with Gasteiger partial charge >= 0.3 is 12.1 Å². The highest BCUT2D eigenvalue weighted by Crippen LogP contribution is 2.13. The van der Waals surface area contributed by atoms with E-state index in [1.165, 1.54) is 18.3 Å². The summed E-state index contributed by atoms with van der Waals surface area (Å²) in [5.41, 5.74) is 0.778. The lowest BCUT2D eigenvalue weighted by Crippen LogP contribution is -2.71. The molecule has 0 saturated carbocycles. The minimum absolute atomic E-state index is 0.0171. The van der Waals surface area contributed by atoms with E-state index in [2.05, 4.69) is 16.0 Å². The number of hydrogen-bond acceptors (Lipinski definition) is 7. The third-order valence-corrected chi connectivity index (χ3v) is 5.04. The van der Waals surface area contributed by atoms with E-state index in [1.54, 1.807) is 23.6 Å². The summed E-state index contributed by atoms with van der Waals surface area (Å²) in [5.74, 6) is -1.79. The van der Waals surface area contributed by atoms with E-state index in [-0.39, 0.29) is 19.1 Å². The molecule has 1 aromatic carbocycles. The van der Waals surface area contributed by atoms with E-state index in [0.717, 1.165) is 5.56 Å². The molecule has 0 spiro atoms. The Kier molecular flexibility index (Phi) is 6.55. The Labute approximate surface area is 178 Å². The first kappa shape index (κ1) is 19.9. The highest BCUT2D eigenvalue weighted by atomic mass is 32.1. The normalized spacial score (nSPS) is 18.8. The maximum Gasteiger partial charge on any atom is 0.408 e. The summed E-state index contributed by atoms with van der Waals surface area (Å²) in [6, 6.07) is 8.69. The number of thiophene rings is 1. The molecule has 1 aromatic heterocycles. The first-order valence-corrected chi connectivity index (χ1v) is 9.99. The molecule has 3 N–H and O–H groups in total. The second-order valence-electron chi connectivity index (χ2n) is 6.48. The summed E-state index contributed by atoms with van der Waals surface area (Å²) in [5, 5.41) is 9.04. The molecule has 9 nitrogen and oxygen atoms in total. The van der Waals surface area contributed by atoms with Gasteiger partial charge in [0.25, 0.3) is 5.91 Å². The Hall–Kier alpha value is -3.40. The highest BCUT2D eigenvalue weighted by molar-refractivity contribution is 7.09. The van der Waals surface area contributed by atoms with Gasteiger partial charge in [0.15, 0.2) is 6.04 Å². The number of esters is 1. The van der Waals surface area contributed by atoms with Crippen molar-refractivity contribution in [3.05, 3.63) is 58.3 Å². The summed E-state index contributed by atoms with van der Waals surface area (Å²) in [4.78, 5) is 48.6. The van der Waals surface area contributed by atoms with Crippen molar-refractivity contribution in [2.75, 3.05) is 0 Å². The average molecular weight is 432 g/mol. The molecule has 1 aliphatic heterocycles. The van der Waals surface area contributed by atoms with Gasteiger partial charge in [0.2, 0.25) is 12.1 Å². The van der Waals surface area contributed by atoms with E-state index < -0.39 is 42.2 Å². The SMILES string of the molecule is [2H]c1ccsc1C[C@H](NC(=O)OCc1ccccc1)C(=O)N[C@@H]1C(=O)N[C@H]1OC(C)=O. The van der Waals surface area contributed by atoms with Crippen LogP contribution < -0.4 is 16.0 Å². The Balaban J connectivity index is 1.64. The van der Waals surface area contributed by atoms with Gasteiger partial charge < -0.3 is 25.4 Å². The highest BCUT2D eigenvalue weighted by Gasteiger charge is 2.44. The first-order valence-electron chi connectivity index (χ1n) is 9.61. The molecule has 3 atom stereocenters. The predicted octanol–water partition coefficient (Wildman–Crippen LogP) is 1.09. The lowest BCUT2D eigenvalue weighted by Gasteiger charge is -2.36. The summed E-state index contributed by atoms with van der Waals surface area (Å²) < 4.78 is 18.0. The largest absolute Gasteiger partial charge is 0.445 e. The number of amides is 3. The summed E-state index contributed by atoms with van der Waals surface area (Å²) in [6.45, 7) is 1.20. The third-order valence-electron chi connectivity index (χ3n) is 4.19. The quantitative estimate of drug-likeness (QED) is 0.424. The number of carbonyl (C=O) groups is 4. The van der Waals surface area contributed by atoms with E-state index in [1.807, 2.05) is 18.2 Å². The van der Waals surface area contributed by atoms with E-state index >= 15 is 0 Å². The van der Waals surface area contributed by atoms with Crippen LogP contribution in [0.1, 0.15) is 18.7 Å². The number of alkyl carbamates (subject to hydrolysis) is 1. The fourth-order valence-electron chi connectivity index (χ4n) is 2.71. The van der Waals surface area contributed by atoms with Gasteiger partial charge in [0.1, 0.15) is 12.6 Å². The van der Waals surface area contributed by atoms with Gasteiger partial charge in [-0.25, -0.2) is 4.79 Å². The van der Waals surface area contributed by atoms with Gasteiger partial charge in [-0.15, -0.1) is 11.3 Å². The molecule has 0 unspecified atom stereocenters. The molecule has 1 fully saturated rings. The number of hydrogen-bond donors (Lipinski definition) is 3. The Morgan fingerprint density at radius 1 is 1.27 bits per heavy atom. The first-order chi connectivity index (χ1) is 14.8. The van der Waals surface area contributed by atoms with Crippen LogP contribution in [-0.4, -0.2) is 42.2 Å². The van der Waals surface area contributed by atoms with Crippen molar-refractivity contribution >= 4 is 35.2 Å². The Bertz CT molecular complexity index is 967. The fourth-order valence-corrected chi connectivity index (χ4v) is 3.41. The minimum Gasteiger partial charge on any atom is -0.445 e.